The van der Waals surface area contributed by atoms with Crippen LogP contribution in [-0.2, 0) is 6.54 Å². The van der Waals surface area contributed by atoms with E-state index in [1.54, 1.807) is 11.8 Å². The third kappa shape index (κ3) is 4.09. The number of rotatable bonds is 6. The third-order valence-electron chi connectivity index (χ3n) is 3.18. The number of nitrogens with zero attached hydrogens (tertiary/aromatic N) is 1. The molecule has 0 aliphatic heterocycles. The van der Waals surface area contributed by atoms with E-state index in [9.17, 15) is 0 Å². The van der Waals surface area contributed by atoms with Gasteiger partial charge in [0.05, 0.1) is 0 Å². The Morgan fingerprint density at radius 2 is 1.90 bits per heavy atom. The highest BCUT2D eigenvalue weighted by Crippen LogP contribution is 2.29. The molecule has 3 heteroatoms. The fraction of sp³-hybridized carbons (Fsp3) is 0.353. The first-order valence-corrected chi connectivity index (χ1v) is 7.94. The highest BCUT2D eigenvalue weighted by Gasteiger charge is 2.06. The van der Waals surface area contributed by atoms with Crippen LogP contribution in [0, 0.1) is 0 Å². The fourth-order valence-corrected chi connectivity index (χ4v) is 2.82. The van der Waals surface area contributed by atoms with Crippen LogP contribution in [0.1, 0.15) is 37.8 Å². The third-order valence-corrected chi connectivity index (χ3v) is 4.25. The Morgan fingerprint density at radius 3 is 2.55 bits per heavy atom. The van der Waals surface area contributed by atoms with Crippen molar-refractivity contribution < 1.29 is 0 Å². The molecule has 0 spiro atoms. The molecule has 20 heavy (non-hydrogen) atoms. The molecule has 106 valence electrons. The zero-order valence-electron chi connectivity index (χ0n) is 12.4. The standard InChI is InChI=1S/C17H22N2S/c1-4-18-12-15-6-5-11-19-17(15)20-16-9-7-14(8-10-16)13(2)3/h5-11,13,18H,4,12H2,1-3H3. The zero-order chi connectivity index (χ0) is 14.4. The Bertz CT molecular complexity index is 535. The van der Waals surface area contributed by atoms with E-state index in [1.807, 2.05) is 12.3 Å². The molecular formula is C17H22N2S. The molecule has 1 heterocycles. The SMILES string of the molecule is CCNCc1cccnc1Sc1ccc(C(C)C)cc1. The number of pyridine rings is 1. The van der Waals surface area contributed by atoms with Gasteiger partial charge in [0.15, 0.2) is 0 Å². The lowest BCUT2D eigenvalue weighted by Crippen LogP contribution is -2.12. The summed E-state index contributed by atoms with van der Waals surface area (Å²) in [5.74, 6) is 0.577. The van der Waals surface area contributed by atoms with Crippen molar-refractivity contribution in [3.05, 3.63) is 53.7 Å². The number of nitrogens with one attached hydrogen (secondary N) is 1. The molecule has 0 aliphatic carbocycles. The summed E-state index contributed by atoms with van der Waals surface area (Å²) in [6.07, 6.45) is 1.86. The molecule has 2 nitrogen and oxygen atoms in total. The van der Waals surface area contributed by atoms with Crippen LogP contribution < -0.4 is 5.32 Å². The quantitative estimate of drug-likeness (QED) is 0.848. The molecule has 0 fully saturated rings. The lowest BCUT2D eigenvalue weighted by molar-refractivity contribution is 0.711. The van der Waals surface area contributed by atoms with E-state index < -0.39 is 0 Å². The molecule has 0 amide bonds. The van der Waals surface area contributed by atoms with Gasteiger partial charge in [0.2, 0.25) is 0 Å². The van der Waals surface area contributed by atoms with Gasteiger partial charge in [-0.2, -0.15) is 0 Å². The van der Waals surface area contributed by atoms with E-state index in [1.165, 1.54) is 16.0 Å². The summed E-state index contributed by atoms with van der Waals surface area (Å²) in [5.41, 5.74) is 2.63. The van der Waals surface area contributed by atoms with Gasteiger partial charge >= 0.3 is 0 Å². The van der Waals surface area contributed by atoms with Crippen LogP contribution in [0.4, 0.5) is 0 Å². The van der Waals surface area contributed by atoms with Crippen molar-refractivity contribution in [2.75, 3.05) is 6.54 Å². The minimum atomic E-state index is 0.577. The summed E-state index contributed by atoms with van der Waals surface area (Å²) in [5, 5.41) is 4.45. The van der Waals surface area contributed by atoms with Gasteiger partial charge < -0.3 is 5.32 Å². The molecule has 0 radical (unpaired) electrons. The molecule has 0 atom stereocenters. The van der Waals surface area contributed by atoms with E-state index >= 15 is 0 Å². The lowest BCUT2D eigenvalue weighted by atomic mass is 10.0. The van der Waals surface area contributed by atoms with Gasteiger partial charge in [-0.3, -0.25) is 0 Å². The first-order chi connectivity index (χ1) is 9.70. The molecule has 0 saturated carbocycles. The van der Waals surface area contributed by atoms with E-state index in [0.29, 0.717) is 5.92 Å². The Balaban J connectivity index is 2.13. The Morgan fingerprint density at radius 1 is 1.15 bits per heavy atom. The van der Waals surface area contributed by atoms with E-state index in [2.05, 4.69) is 61.4 Å². The van der Waals surface area contributed by atoms with Crippen LogP contribution in [0.15, 0.2) is 52.5 Å². The molecule has 1 N–H and O–H groups in total. The molecular weight excluding hydrogens is 264 g/mol. The minimum absolute atomic E-state index is 0.577. The normalized spacial score (nSPS) is 11.0. The van der Waals surface area contributed by atoms with E-state index in [4.69, 9.17) is 0 Å². The predicted octanol–water partition coefficient (Wildman–Crippen LogP) is 4.47. The maximum atomic E-state index is 4.51. The highest BCUT2D eigenvalue weighted by atomic mass is 32.2. The minimum Gasteiger partial charge on any atom is -0.313 e. The van der Waals surface area contributed by atoms with Crippen molar-refractivity contribution in [3.8, 4) is 0 Å². The van der Waals surface area contributed by atoms with Crippen LogP contribution in [0.3, 0.4) is 0 Å². The van der Waals surface area contributed by atoms with Crippen molar-refractivity contribution in [2.45, 2.75) is 43.2 Å². The second kappa shape index (κ2) is 7.46. The van der Waals surface area contributed by atoms with Gasteiger partial charge in [-0.05, 0) is 41.8 Å². The molecule has 2 aromatic rings. The van der Waals surface area contributed by atoms with Crippen LogP contribution in [-0.4, -0.2) is 11.5 Å². The number of benzene rings is 1. The smallest absolute Gasteiger partial charge is 0.105 e. The van der Waals surface area contributed by atoms with Crippen molar-refractivity contribution in [3.63, 3.8) is 0 Å². The molecule has 0 aliphatic rings. The number of hydrogen-bond donors (Lipinski definition) is 1. The molecule has 1 aromatic heterocycles. The zero-order valence-corrected chi connectivity index (χ0v) is 13.2. The summed E-state index contributed by atoms with van der Waals surface area (Å²) < 4.78 is 0. The summed E-state index contributed by atoms with van der Waals surface area (Å²) in [7, 11) is 0. The van der Waals surface area contributed by atoms with Gasteiger partial charge in [0.25, 0.3) is 0 Å². The Hall–Kier alpha value is -1.32. The Kier molecular flexibility index (Phi) is 5.62. The van der Waals surface area contributed by atoms with Crippen molar-refractivity contribution in [1.29, 1.82) is 0 Å². The maximum Gasteiger partial charge on any atom is 0.105 e. The largest absolute Gasteiger partial charge is 0.313 e. The second-order valence-corrected chi connectivity index (χ2v) is 6.14. The number of hydrogen-bond acceptors (Lipinski definition) is 3. The van der Waals surface area contributed by atoms with Crippen molar-refractivity contribution in [2.24, 2.45) is 0 Å². The maximum absolute atomic E-state index is 4.51. The van der Waals surface area contributed by atoms with Crippen molar-refractivity contribution in [1.82, 2.24) is 10.3 Å². The average molecular weight is 286 g/mol. The molecule has 0 unspecified atom stereocenters. The summed E-state index contributed by atoms with van der Waals surface area (Å²) in [6, 6.07) is 12.9. The van der Waals surface area contributed by atoms with E-state index in [0.717, 1.165) is 18.1 Å². The topological polar surface area (TPSA) is 24.9 Å². The lowest BCUT2D eigenvalue weighted by Gasteiger charge is -2.09. The fourth-order valence-electron chi connectivity index (χ4n) is 1.94. The summed E-state index contributed by atoms with van der Waals surface area (Å²) in [4.78, 5) is 5.75. The van der Waals surface area contributed by atoms with E-state index in [-0.39, 0.29) is 0 Å². The second-order valence-electron chi connectivity index (χ2n) is 5.07. The average Bonchev–Trinajstić information content (AvgIpc) is 2.47. The highest BCUT2D eigenvalue weighted by molar-refractivity contribution is 7.99. The van der Waals surface area contributed by atoms with Crippen LogP contribution in [0.5, 0.6) is 0 Å². The van der Waals surface area contributed by atoms with Gasteiger partial charge in [-0.1, -0.05) is 50.7 Å². The van der Waals surface area contributed by atoms with Crippen LogP contribution >= 0.6 is 11.8 Å². The molecule has 0 saturated heterocycles. The molecule has 2 rings (SSSR count). The van der Waals surface area contributed by atoms with Gasteiger partial charge in [0.1, 0.15) is 5.03 Å². The van der Waals surface area contributed by atoms with Gasteiger partial charge in [-0.15, -0.1) is 0 Å². The van der Waals surface area contributed by atoms with Gasteiger partial charge in [-0.25, -0.2) is 4.98 Å². The van der Waals surface area contributed by atoms with Gasteiger partial charge in [0, 0.05) is 17.6 Å². The first-order valence-electron chi connectivity index (χ1n) is 7.13. The summed E-state index contributed by atoms with van der Waals surface area (Å²) in [6.45, 7) is 8.40. The predicted molar refractivity (Wildman–Crippen MR) is 86.3 cm³/mol. The van der Waals surface area contributed by atoms with Crippen LogP contribution in [0.25, 0.3) is 0 Å². The Labute approximate surface area is 126 Å². The van der Waals surface area contributed by atoms with Crippen molar-refractivity contribution >= 4 is 11.8 Å². The molecule has 0 bridgehead atoms. The monoisotopic (exact) mass is 286 g/mol. The molecule has 1 aromatic carbocycles. The summed E-state index contributed by atoms with van der Waals surface area (Å²) >= 11 is 1.73. The number of aromatic nitrogens is 1. The first kappa shape index (κ1) is 15.1. The van der Waals surface area contributed by atoms with Crippen LogP contribution in [0.2, 0.25) is 0 Å².